The van der Waals surface area contributed by atoms with Gasteiger partial charge >= 0.3 is 5.97 Å². The van der Waals surface area contributed by atoms with Crippen molar-refractivity contribution in [2.75, 3.05) is 11.8 Å². The molecule has 0 heterocycles. The van der Waals surface area contributed by atoms with E-state index in [0.717, 1.165) is 13.2 Å². The second-order valence-corrected chi connectivity index (χ2v) is 6.93. The first kappa shape index (κ1) is 17.4. The molecule has 0 aliphatic carbocycles. The molecule has 122 valence electrons. The average molecular weight is 406 g/mol. The van der Waals surface area contributed by atoms with Crippen LogP contribution in [0.4, 0.5) is 14.5 Å². The third kappa shape index (κ3) is 3.85. The van der Waals surface area contributed by atoms with Crippen molar-refractivity contribution < 1.29 is 26.7 Å². The van der Waals surface area contributed by atoms with Crippen molar-refractivity contribution in [1.29, 1.82) is 0 Å². The van der Waals surface area contributed by atoms with E-state index in [2.05, 4.69) is 25.4 Å². The molecule has 0 aromatic heterocycles. The molecule has 0 saturated heterocycles. The van der Waals surface area contributed by atoms with E-state index >= 15 is 0 Å². The molecule has 0 spiro atoms. The molecule has 0 radical (unpaired) electrons. The van der Waals surface area contributed by atoms with Crippen LogP contribution >= 0.6 is 15.9 Å². The Balaban J connectivity index is 2.49. The van der Waals surface area contributed by atoms with E-state index in [4.69, 9.17) is 0 Å². The van der Waals surface area contributed by atoms with Crippen molar-refractivity contribution in [1.82, 2.24) is 0 Å². The molecule has 5 nitrogen and oxygen atoms in total. The number of methoxy groups -OCH3 is 1. The monoisotopic (exact) mass is 405 g/mol. The van der Waals surface area contributed by atoms with Crippen LogP contribution in [0.2, 0.25) is 0 Å². The number of sulfonamides is 1. The smallest absolute Gasteiger partial charge is 0.340 e. The summed E-state index contributed by atoms with van der Waals surface area (Å²) < 4.78 is 58.5. The first-order valence-electron chi connectivity index (χ1n) is 6.10. The highest BCUT2D eigenvalue weighted by atomic mass is 79.9. The minimum absolute atomic E-state index is 0.0812. The quantitative estimate of drug-likeness (QED) is 0.791. The molecular formula is C14H10BrF2NO4S. The van der Waals surface area contributed by atoms with Crippen LogP contribution in [0.15, 0.2) is 45.8 Å². The fourth-order valence-electron chi connectivity index (χ4n) is 1.77. The van der Waals surface area contributed by atoms with Crippen LogP contribution in [0.25, 0.3) is 0 Å². The van der Waals surface area contributed by atoms with E-state index in [1.54, 1.807) is 0 Å². The Bertz CT molecular complexity index is 871. The van der Waals surface area contributed by atoms with Crippen LogP contribution in [0, 0.1) is 11.6 Å². The van der Waals surface area contributed by atoms with Gasteiger partial charge in [-0.2, -0.15) is 0 Å². The molecule has 0 aliphatic rings. The zero-order chi connectivity index (χ0) is 17.2. The Labute approximate surface area is 139 Å². The maximum absolute atomic E-state index is 13.7. The van der Waals surface area contributed by atoms with Gasteiger partial charge in [0.2, 0.25) is 0 Å². The normalized spacial score (nSPS) is 11.1. The first-order chi connectivity index (χ1) is 10.7. The molecule has 0 fully saturated rings. The van der Waals surface area contributed by atoms with Gasteiger partial charge in [-0.1, -0.05) is 15.9 Å². The Morgan fingerprint density at radius 1 is 1.17 bits per heavy atom. The van der Waals surface area contributed by atoms with Crippen LogP contribution < -0.4 is 4.72 Å². The predicted octanol–water partition coefficient (Wildman–Crippen LogP) is 3.31. The number of nitrogens with one attached hydrogen (secondary N) is 1. The third-order valence-electron chi connectivity index (χ3n) is 2.81. The van der Waals surface area contributed by atoms with Crippen molar-refractivity contribution in [2.24, 2.45) is 0 Å². The van der Waals surface area contributed by atoms with Crippen LogP contribution in [-0.4, -0.2) is 21.5 Å². The van der Waals surface area contributed by atoms with Gasteiger partial charge in [0, 0.05) is 4.47 Å². The van der Waals surface area contributed by atoms with Gasteiger partial charge in [-0.25, -0.2) is 22.0 Å². The average Bonchev–Trinajstić information content (AvgIpc) is 2.50. The maximum Gasteiger partial charge on any atom is 0.340 e. The molecule has 23 heavy (non-hydrogen) atoms. The van der Waals surface area contributed by atoms with E-state index in [1.165, 1.54) is 18.2 Å². The Morgan fingerprint density at radius 2 is 1.87 bits per heavy atom. The topological polar surface area (TPSA) is 72.5 Å². The standard InChI is InChI=1S/C14H10BrF2NO4S/c1-22-14(19)10-6-8(15)2-5-12(10)18-23(20,21)13-7-9(16)3-4-11(13)17/h2-7,18H,1H3. The molecule has 0 bridgehead atoms. The van der Waals surface area contributed by atoms with Crippen molar-refractivity contribution in [3.63, 3.8) is 0 Å². The summed E-state index contributed by atoms with van der Waals surface area (Å²) in [5.41, 5.74) is -0.203. The zero-order valence-corrected chi connectivity index (χ0v) is 14.0. The summed E-state index contributed by atoms with van der Waals surface area (Å²) in [4.78, 5) is 10.9. The lowest BCUT2D eigenvalue weighted by molar-refractivity contribution is 0.0602. The fourth-order valence-corrected chi connectivity index (χ4v) is 3.30. The lowest BCUT2D eigenvalue weighted by Crippen LogP contribution is -2.17. The van der Waals surface area contributed by atoms with Crippen LogP contribution in [0.1, 0.15) is 10.4 Å². The second kappa shape index (κ2) is 6.63. The van der Waals surface area contributed by atoms with Gasteiger partial charge in [0.1, 0.15) is 16.5 Å². The summed E-state index contributed by atoms with van der Waals surface area (Å²) in [7, 11) is -3.30. The number of hydrogen-bond acceptors (Lipinski definition) is 4. The predicted molar refractivity (Wildman–Crippen MR) is 82.6 cm³/mol. The van der Waals surface area contributed by atoms with Crippen LogP contribution in [-0.2, 0) is 14.8 Å². The number of benzene rings is 2. The summed E-state index contributed by atoms with van der Waals surface area (Å²) in [6.07, 6.45) is 0. The molecule has 0 unspecified atom stereocenters. The molecule has 0 atom stereocenters. The van der Waals surface area contributed by atoms with E-state index < -0.39 is 32.5 Å². The Hall–Kier alpha value is -2.00. The van der Waals surface area contributed by atoms with Crippen molar-refractivity contribution in [2.45, 2.75) is 4.90 Å². The number of esters is 1. The molecular weight excluding hydrogens is 396 g/mol. The highest BCUT2D eigenvalue weighted by Gasteiger charge is 2.23. The molecule has 0 aliphatic heterocycles. The number of halogens is 3. The molecule has 1 N–H and O–H groups in total. The van der Waals surface area contributed by atoms with Crippen molar-refractivity contribution >= 4 is 37.6 Å². The van der Waals surface area contributed by atoms with Crippen LogP contribution in [0.5, 0.6) is 0 Å². The molecule has 0 saturated carbocycles. The summed E-state index contributed by atoms with van der Waals surface area (Å²) in [5.74, 6) is -2.81. The summed E-state index contributed by atoms with van der Waals surface area (Å²) in [6, 6.07) is 6.16. The number of carbonyl (C=O) groups is 1. The molecule has 2 rings (SSSR count). The summed E-state index contributed by atoms with van der Waals surface area (Å²) in [6.45, 7) is 0. The number of anilines is 1. The van der Waals surface area contributed by atoms with Gasteiger partial charge in [-0.3, -0.25) is 4.72 Å². The maximum atomic E-state index is 13.7. The van der Waals surface area contributed by atoms with Gasteiger partial charge < -0.3 is 4.74 Å². The molecule has 2 aromatic carbocycles. The van der Waals surface area contributed by atoms with E-state index in [-0.39, 0.29) is 11.3 Å². The largest absolute Gasteiger partial charge is 0.465 e. The van der Waals surface area contributed by atoms with Crippen LogP contribution in [0.3, 0.4) is 0 Å². The minimum Gasteiger partial charge on any atom is -0.465 e. The number of rotatable bonds is 4. The molecule has 0 amide bonds. The van der Waals surface area contributed by atoms with Gasteiger partial charge in [-0.05, 0) is 36.4 Å². The summed E-state index contributed by atoms with van der Waals surface area (Å²) in [5, 5.41) is 0. The molecule has 9 heteroatoms. The van der Waals surface area contributed by atoms with Crippen molar-refractivity contribution in [3.05, 3.63) is 58.1 Å². The highest BCUT2D eigenvalue weighted by molar-refractivity contribution is 9.10. The van der Waals surface area contributed by atoms with Gasteiger partial charge in [0.15, 0.2) is 0 Å². The fraction of sp³-hybridized carbons (Fsp3) is 0.0714. The number of carbonyl (C=O) groups excluding carboxylic acids is 1. The minimum atomic E-state index is -4.43. The van der Waals surface area contributed by atoms with Gasteiger partial charge in [0.05, 0.1) is 18.4 Å². The van der Waals surface area contributed by atoms with Gasteiger partial charge in [-0.15, -0.1) is 0 Å². The summed E-state index contributed by atoms with van der Waals surface area (Å²) >= 11 is 3.14. The first-order valence-corrected chi connectivity index (χ1v) is 8.38. The Kier molecular flexibility index (Phi) is 5.00. The molecule has 2 aromatic rings. The lowest BCUT2D eigenvalue weighted by atomic mass is 10.2. The number of hydrogen-bond donors (Lipinski definition) is 1. The van der Waals surface area contributed by atoms with E-state index in [9.17, 15) is 22.0 Å². The highest BCUT2D eigenvalue weighted by Crippen LogP contribution is 2.25. The van der Waals surface area contributed by atoms with E-state index in [1.807, 2.05) is 0 Å². The SMILES string of the molecule is COC(=O)c1cc(Br)ccc1NS(=O)(=O)c1cc(F)ccc1F. The zero-order valence-electron chi connectivity index (χ0n) is 11.6. The third-order valence-corrected chi connectivity index (χ3v) is 4.69. The lowest BCUT2D eigenvalue weighted by Gasteiger charge is -2.12. The van der Waals surface area contributed by atoms with Gasteiger partial charge in [0.25, 0.3) is 10.0 Å². The Morgan fingerprint density at radius 3 is 2.52 bits per heavy atom. The second-order valence-electron chi connectivity index (χ2n) is 4.36. The number of ether oxygens (including phenoxy) is 1. The van der Waals surface area contributed by atoms with Crippen molar-refractivity contribution in [3.8, 4) is 0 Å². The van der Waals surface area contributed by atoms with E-state index in [0.29, 0.717) is 16.6 Å².